The number of nitrogens with one attached hydrogen (secondary N) is 2. The fraction of sp³-hybridized carbons (Fsp3) is 0.364. The standard InChI is InChI=1S/C11H13BrN4O2/c12-10-5-9(16(17)18)7-15-11(10)14-6-8-1-3-13-4-2-8/h1,5,7,13H,2-4,6H2,(H,14,15). The van der Waals surface area contributed by atoms with Gasteiger partial charge in [-0.05, 0) is 28.9 Å². The highest BCUT2D eigenvalue weighted by Crippen LogP contribution is 2.24. The number of hydrogen-bond donors (Lipinski definition) is 2. The Morgan fingerprint density at radius 3 is 3.06 bits per heavy atom. The smallest absolute Gasteiger partial charge is 0.288 e. The van der Waals surface area contributed by atoms with Crippen molar-refractivity contribution in [1.29, 1.82) is 0 Å². The average Bonchev–Trinajstić information content (AvgIpc) is 2.38. The summed E-state index contributed by atoms with van der Waals surface area (Å²) in [7, 11) is 0. The molecule has 0 unspecified atom stereocenters. The number of halogens is 1. The van der Waals surface area contributed by atoms with Crippen LogP contribution in [0.25, 0.3) is 0 Å². The van der Waals surface area contributed by atoms with Gasteiger partial charge in [-0.25, -0.2) is 4.98 Å². The van der Waals surface area contributed by atoms with Gasteiger partial charge in [-0.2, -0.15) is 0 Å². The van der Waals surface area contributed by atoms with Crippen molar-refractivity contribution in [2.45, 2.75) is 6.42 Å². The molecule has 0 fully saturated rings. The molecule has 0 radical (unpaired) electrons. The summed E-state index contributed by atoms with van der Waals surface area (Å²) in [5, 5.41) is 17.0. The van der Waals surface area contributed by atoms with E-state index < -0.39 is 4.92 Å². The van der Waals surface area contributed by atoms with Crippen LogP contribution in [0.2, 0.25) is 0 Å². The maximum absolute atomic E-state index is 10.6. The second-order valence-corrected chi connectivity index (χ2v) is 4.81. The van der Waals surface area contributed by atoms with Gasteiger partial charge in [-0.3, -0.25) is 10.1 Å². The van der Waals surface area contributed by atoms with E-state index in [1.54, 1.807) is 0 Å². The van der Waals surface area contributed by atoms with Crippen LogP contribution < -0.4 is 10.6 Å². The Bertz CT molecular complexity index is 490. The van der Waals surface area contributed by atoms with Crippen molar-refractivity contribution >= 4 is 27.4 Å². The van der Waals surface area contributed by atoms with Crippen LogP contribution in [-0.2, 0) is 0 Å². The molecule has 96 valence electrons. The van der Waals surface area contributed by atoms with Crippen LogP contribution in [0.4, 0.5) is 11.5 Å². The number of aromatic nitrogens is 1. The highest BCUT2D eigenvalue weighted by molar-refractivity contribution is 9.10. The third-order valence-electron chi connectivity index (χ3n) is 2.68. The quantitative estimate of drug-likeness (QED) is 0.505. The predicted octanol–water partition coefficient (Wildman–Crippen LogP) is 2.08. The molecule has 6 nitrogen and oxygen atoms in total. The lowest BCUT2D eigenvalue weighted by molar-refractivity contribution is -0.385. The van der Waals surface area contributed by atoms with Crippen molar-refractivity contribution in [3.8, 4) is 0 Å². The Balaban J connectivity index is 2.01. The molecule has 0 aromatic carbocycles. The molecule has 0 amide bonds. The summed E-state index contributed by atoms with van der Waals surface area (Å²) in [6.45, 7) is 2.60. The first-order chi connectivity index (χ1) is 8.66. The zero-order valence-electron chi connectivity index (χ0n) is 9.65. The first-order valence-electron chi connectivity index (χ1n) is 5.59. The maximum Gasteiger partial charge on any atom is 0.288 e. The summed E-state index contributed by atoms with van der Waals surface area (Å²) in [5.74, 6) is 0.625. The van der Waals surface area contributed by atoms with Crippen LogP contribution in [0.15, 0.2) is 28.4 Å². The molecule has 1 aromatic heterocycles. The van der Waals surface area contributed by atoms with Crippen LogP contribution >= 0.6 is 15.9 Å². The number of nitro groups is 1. The Morgan fingerprint density at radius 2 is 2.44 bits per heavy atom. The van der Waals surface area contributed by atoms with E-state index in [9.17, 15) is 10.1 Å². The molecule has 1 aliphatic heterocycles. The van der Waals surface area contributed by atoms with E-state index in [0.29, 0.717) is 16.8 Å². The maximum atomic E-state index is 10.6. The molecule has 2 rings (SSSR count). The third kappa shape index (κ3) is 3.27. The number of rotatable bonds is 4. The minimum Gasteiger partial charge on any atom is -0.365 e. The minimum atomic E-state index is -0.461. The molecular formula is C11H13BrN4O2. The van der Waals surface area contributed by atoms with Gasteiger partial charge in [0.2, 0.25) is 0 Å². The summed E-state index contributed by atoms with van der Waals surface area (Å²) >= 11 is 3.28. The number of pyridine rings is 1. The highest BCUT2D eigenvalue weighted by atomic mass is 79.9. The van der Waals surface area contributed by atoms with Crippen molar-refractivity contribution in [2.24, 2.45) is 0 Å². The van der Waals surface area contributed by atoms with Gasteiger partial charge in [0, 0.05) is 19.2 Å². The lowest BCUT2D eigenvalue weighted by Gasteiger charge is -2.15. The molecule has 2 N–H and O–H groups in total. The first kappa shape index (κ1) is 13.0. The third-order valence-corrected chi connectivity index (χ3v) is 3.28. The summed E-state index contributed by atoms with van der Waals surface area (Å²) in [4.78, 5) is 14.2. The van der Waals surface area contributed by atoms with E-state index in [-0.39, 0.29) is 5.69 Å². The monoisotopic (exact) mass is 312 g/mol. The Kier molecular flexibility index (Phi) is 4.27. The zero-order valence-corrected chi connectivity index (χ0v) is 11.2. The molecular weight excluding hydrogens is 300 g/mol. The molecule has 0 spiro atoms. The molecule has 18 heavy (non-hydrogen) atoms. The summed E-state index contributed by atoms with van der Waals surface area (Å²) in [6, 6.07) is 1.45. The second-order valence-electron chi connectivity index (χ2n) is 3.95. The van der Waals surface area contributed by atoms with E-state index in [2.05, 4.69) is 37.6 Å². The normalized spacial score (nSPS) is 15.1. The molecule has 0 aliphatic carbocycles. The van der Waals surface area contributed by atoms with Crippen LogP contribution in [0.5, 0.6) is 0 Å². The van der Waals surface area contributed by atoms with E-state index >= 15 is 0 Å². The average molecular weight is 313 g/mol. The zero-order chi connectivity index (χ0) is 13.0. The predicted molar refractivity (Wildman–Crippen MR) is 72.7 cm³/mol. The van der Waals surface area contributed by atoms with Crippen LogP contribution in [0, 0.1) is 10.1 Å². The van der Waals surface area contributed by atoms with Gasteiger partial charge in [0.1, 0.15) is 12.0 Å². The van der Waals surface area contributed by atoms with Crippen LogP contribution in [-0.4, -0.2) is 29.5 Å². The van der Waals surface area contributed by atoms with Crippen molar-refractivity contribution in [1.82, 2.24) is 10.3 Å². The van der Waals surface area contributed by atoms with Gasteiger partial charge in [-0.15, -0.1) is 0 Å². The minimum absolute atomic E-state index is 0.0199. The van der Waals surface area contributed by atoms with E-state index in [1.807, 2.05) is 0 Å². The summed E-state index contributed by atoms with van der Waals surface area (Å²) < 4.78 is 0.603. The Labute approximate surface area is 113 Å². The van der Waals surface area contributed by atoms with Crippen molar-refractivity contribution in [3.05, 3.63) is 38.5 Å². The Hall–Kier alpha value is -1.47. The number of nitrogens with zero attached hydrogens (tertiary/aromatic N) is 2. The molecule has 0 bridgehead atoms. The SMILES string of the molecule is O=[N+]([O-])c1cnc(NCC2=CCNCC2)c(Br)c1. The van der Waals surface area contributed by atoms with E-state index in [1.165, 1.54) is 17.8 Å². The topological polar surface area (TPSA) is 80.1 Å². The lowest BCUT2D eigenvalue weighted by Crippen LogP contribution is -2.23. The van der Waals surface area contributed by atoms with Gasteiger partial charge in [0.25, 0.3) is 5.69 Å². The molecule has 0 atom stereocenters. The van der Waals surface area contributed by atoms with E-state index in [4.69, 9.17) is 0 Å². The number of hydrogen-bond acceptors (Lipinski definition) is 5. The first-order valence-corrected chi connectivity index (χ1v) is 6.38. The Morgan fingerprint density at radius 1 is 1.61 bits per heavy atom. The van der Waals surface area contributed by atoms with Crippen LogP contribution in [0.1, 0.15) is 6.42 Å². The van der Waals surface area contributed by atoms with Crippen molar-refractivity contribution in [2.75, 3.05) is 25.0 Å². The van der Waals surface area contributed by atoms with E-state index in [0.717, 1.165) is 19.5 Å². The molecule has 0 saturated carbocycles. The lowest BCUT2D eigenvalue weighted by atomic mass is 10.1. The fourth-order valence-corrected chi connectivity index (χ4v) is 2.16. The second kappa shape index (κ2) is 5.92. The van der Waals surface area contributed by atoms with Gasteiger partial charge in [0.15, 0.2) is 0 Å². The highest BCUT2D eigenvalue weighted by Gasteiger charge is 2.11. The van der Waals surface area contributed by atoms with Crippen molar-refractivity contribution in [3.63, 3.8) is 0 Å². The number of anilines is 1. The molecule has 7 heteroatoms. The van der Waals surface area contributed by atoms with Crippen molar-refractivity contribution < 1.29 is 4.92 Å². The van der Waals surface area contributed by atoms with Gasteiger partial charge in [0.05, 0.1) is 9.40 Å². The molecule has 0 saturated heterocycles. The van der Waals surface area contributed by atoms with Gasteiger partial charge in [-0.1, -0.05) is 11.6 Å². The van der Waals surface area contributed by atoms with Gasteiger partial charge >= 0.3 is 0 Å². The van der Waals surface area contributed by atoms with Gasteiger partial charge < -0.3 is 10.6 Å². The molecule has 1 aliphatic rings. The summed E-state index contributed by atoms with van der Waals surface area (Å²) in [6.07, 6.45) is 4.41. The molecule has 1 aromatic rings. The molecule has 2 heterocycles. The fourth-order valence-electron chi connectivity index (χ4n) is 1.69. The van der Waals surface area contributed by atoms with Crippen LogP contribution in [0.3, 0.4) is 0 Å². The summed E-state index contributed by atoms with van der Waals surface area (Å²) in [5.41, 5.74) is 1.30. The largest absolute Gasteiger partial charge is 0.365 e.